The Morgan fingerprint density at radius 3 is 2.57 bits per heavy atom. The van der Waals surface area contributed by atoms with Crippen LogP contribution in [0.25, 0.3) is 0 Å². The number of non-ortho nitro benzene ring substituents is 1. The van der Waals surface area contributed by atoms with Gasteiger partial charge in [-0.25, -0.2) is 4.39 Å². The Labute approximate surface area is 123 Å². The average molecular weight is 310 g/mol. The number of amides is 1. The van der Waals surface area contributed by atoms with Crippen LogP contribution in [0.15, 0.2) is 36.4 Å². The van der Waals surface area contributed by atoms with Gasteiger partial charge in [-0.05, 0) is 24.3 Å². The van der Waals surface area contributed by atoms with E-state index < -0.39 is 16.6 Å². The topological polar surface area (TPSA) is 98.3 Å². The molecule has 0 unspecified atom stereocenters. The predicted molar refractivity (Wildman–Crippen MR) is 76.9 cm³/mol. The highest BCUT2D eigenvalue weighted by atomic mass is 35.5. The van der Waals surface area contributed by atoms with Crippen molar-refractivity contribution in [1.82, 2.24) is 0 Å². The van der Waals surface area contributed by atoms with E-state index in [9.17, 15) is 19.3 Å². The Morgan fingerprint density at radius 1 is 1.29 bits per heavy atom. The summed E-state index contributed by atoms with van der Waals surface area (Å²) in [6.45, 7) is 0. The predicted octanol–water partition coefficient (Wildman–Crippen LogP) is 3.22. The molecular weight excluding hydrogens is 301 g/mol. The second kappa shape index (κ2) is 5.76. The van der Waals surface area contributed by atoms with E-state index in [0.29, 0.717) is 0 Å². The Kier molecular flexibility index (Phi) is 4.04. The van der Waals surface area contributed by atoms with E-state index in [-0.39, 0.29) is 27.6 Å². The first kappa shape index (κ1) is 14.7. The van der Waals surface area contributed by atoms with Gasteiger partial charge in [0.2, 0.25) is 0 Å². The van der Waals surface area contributed by atoms with Gasteiger partial charge in [-0.1, -0.05) is 11.6 Å². The molecule has 6 nitrogen and oxygen atoms in total. The van der Waals surface area contributed by atoms with Gasteiger partial charge < -0.3 is 11.1 Å². The van der Waals surface area contributed by atoms with Crippen molar-refractivity contribution in [2.45, 2.75) is 0 Å². The molecule has 0 aliphatic rings. The molecule has 2 aromatic rings. The molecule has 1 amide bonds. The maximum absolute atomic E-state index is 12.9. The molecule has 0 aliphatic heterocycles. The molecule has 0 aliphatic carbocycles. The van der Waals surface area contributed by atoms with Crippen LogP contribution in [-0.4, -0.2) is 10.8 Å². The number of carbonyl (C=O) groups is 1. The fraction of sp³-hybridized carbons (Fsp3) is 0. The highest BCUT2D eigenvalue weighted by molar-refractivity contribution is 6.34. The first-order valence-electron chi connectivity index (χ1n) is 5.69. The van der Waals surface area contributed by atoms with Crippen molar-refractivity contribution in [2.24, 2.45) is 0 Å². The Balaban J connectivity index is 2.25. The Bertz CT molecular complexity index is 737. The van der Waals surface area contributed by atoms with Crippen molar-refractivity contribution in [3.05, 3.63) is 62.9 Å². The van der Waals surface area contributed by atoms with Gasteiger partial charge >= 0.3 is 0 Å². The summed E-state index contributed by atoms with van der Waals surface area (Å²) in [5.74, 6) is -1.15. The number of nitrogens with one attached hydrogen (secondary N) is 1. The lowest BCUT2D eigenvalue weighted by Crippen LogP contribution is -2.14. The SMILES string of the molecule is Nc1cc(F)ccc1C(=O)Nc1ccc([N+](=O)[O-])cc1Cl. The van der Waals surface area contributed by atoms with Crippen LogP contribution in [0.3, 0.4) is 0 Å². The number of nitrogen functional groups attached to an aromatic ring is 1. The van der Waals surface area contributed by atoms with Crippen molar-refractivity contribution >= 4 is 34.6 Å². The summed E-state index contributed by atoms with van der Waals surface area (Å²) in [5.41, 5.74) is 5.60. The highest BCUT2D eigenvalue weighted by Crippen LogP contribution is 2.27. The number of nitrogens with zero attached hydrogens (tertiary/aromatic N) is 1. The summed E-state index contributed by atoms with van der Waals surface area (Å²) < 4.78 is 12.9. The van der Waals surface area contributed by atoms with Gasteiger partial charge in [0, 0.05) is 17.8 Å². The van der Waals surface area contributed by atoms with E-state index in [1.807, 2.05) is 0 Å². The number of hydrogen-bond donors (Lipinski definition) is 2. The van der Waals surface area contributed by atoms with Crippen LogP contribution in [0.1, 0.15) is 10.4 Å². The van der Waals surface area contributed by atoms with Gasteiger partial charge in [-0.15, -0.1) is 0 Å². The summed E-state index contributed by atoms with van der Waals surface area (Å²) in [5, 5.41) is 13.1. The summed E-state index contributed by atoms with van der Waals surface area (Å²) in [4.78, 5) is 22.0. The quantitative estimate of drug-likeness (QED) is 0.516. The molecule has 0 saturated carbocycles. The molecule has 0 fully saturated rings. The first-order chi connectivity index (χ1) is 9.88. The zero-order valence-corrected chi connectivity index (χ0v) is 11.2. The van der Waals surface area contributed by atoms with Crippen molar-refractivity contribution in [3.63, 3.8) is 0 Å². The van der Waals surface area contributed by atoms with Crippen LogP contribution in [0.2, 0.25) is 5.02 Å². The third kappa shape index (κ3) is 3.26. The molecule has 2 rings (SSSR count). The fourth-order valence-corrected chi connectivity index (χ4v) is 1.87. The second-order valence-electron chi connectivity index (χ2n) is 4.11. The summed E-state index contributed by atoms with van der Waals surface area (Å²) >= 11 is 5.86. The lowest BCUT2D eigenvalue weighted by atomic mass is 10.1. The van der Waals surface area contributed by atoms with Crippen LogP contribution in [0, 0.1) is 15.9 Å². The van der Waals surface area contributed by atoms with Gasteiger partial charge in [0.05, 0.1) is 21.2 Å². The van der Waals surface area contributed by atoms with E-state index in [4.69, 9.17) is 17.3 Å². The third-order valence-corrected chi connectivity index (χ3v) is 2.98. The number of nitro benzene ring substituents is 1. The van der Waals surface area contributed by atoms with Crippen molar-refractivity contribution in [3.8, 4) is 0 Å². The number of anilines is 2. The van der Waals surface area contributed by atoms with Gasteiger partial charge in [0.1, 0.15) is 5.82 Å². The zero-order chi connectivity index (χ0) is 15.6. The number of nitrogens with two attached hydrogens (primary N) is 1. The molecule has 108 valence electrons. The third-order valence-electron chi connectivity index (χ3n) is 2.67. The van der Waals surface area contributed by atoms with Crippen LogP contribution in [0.5, 0.6) is 0 Å². The van der Waals surface area contributed by atoms with E-state index in [1.165, 1.54) is 18.2 Å². The van der Waals surface area contributed by atoms with E-state index >= 15 is 0 Å². The van der Waals surface area contributed by atoms with Gasteiger partial charge in [0.15, 0.2) is 0 Å². The Morgan fingerprint density at radius 2 is 2.00 bits per heavy atom. The number of halogens is 2. The van der Waals surface area contributed by atoms with E-state index in [2.05, 4.69) is 5.32 Å². The minimum atomic E-state index is -0.602. The molecular formula is C13H9ClFN3O3. The smallest absolute Gasteiger partial charge is 0.271 e. The molecule has 21 heavy (non-hydrogen) atoms. The lowest BCUT2D eigenvalue weighted by molar-refractivity contribution is -0.384. The van der Waals surface area contributed by atoms with Crippen LogP contribution in [0.4, 0.5) is 21.5 Å². The van der Waals surface area contributed by atoms with Gasteiger partial charge in [-0.2, -0.15) is 0 Å². The van der Waals surface area contributed by atoms with Crippen LogP contribution in [-0.2, 0) is 0 Å². The van der Waals surface area contributed by atoms with Crippen molar-refractivity contribution in [1.29, 1.82) is 0 Å². The minimum Gasteiger partial charge on any atom is -0.398 e. The second-order valence-corrected chi connectivity index (χ2v) is 4.51. The molecule has 8 heteroatoms. The lowest BCUT2D eigenvalue weighted by Gasteiger charge is -2.09. The van der Waals surface area contributed by atoms with E-state index in [1.54, 1.807) is 0 Å². The summed E-state index contributed by atoms with van der Waals surface area (Å²) in [7, 11) is 0. The van der Waals surface area contributed by atoms with E-state index in [0.717, 1.165) is 18.2 Å². The maximum atomic E-state index is 12.9. The summed E-state index contributed by atoms with van der Waals surface area (Å²) in [6.07, 6.45) is 0. The molecule has 0 spiro atoms. The van der Waals surface area contributed by atoms with Gasteiger partial charge in [-0.3, -0.25) is 14.9 Å². The van der Waals surface area contributed by atoms with Crippen molar-refractivity contribution < 1.29 is 14.1 Å². The van der Waals surface area contributed by atoms with Crippen LogP contribution < -0.4 is 11.1 Å². The zero-order valence-electron chi connectivity index (χ0n) is 10.5. The first-order valence-corrected chi connectivity index (χ1v) is 6.06. The molecule has 2 aromatic carbocycles. The summed E-state index contributed by atoms with van der Waals surface area (Å²) in [6, 6.07) is 6.98. The number of nitro groups is 1. The molecule has 0 atom stereocenters. The molecule has 0 heterocycles. The van der Waals surface area contributed by atoms with Gasteiger partial charge in [0.25, 0.3) is 11.6 Å². The number of hydrogen-bond acceptors (Lipinski definition) is 4. The molecule has 0 bridgehead atoms. The maximum Gasteiger partial charge on any atom is 0.271 e. The largest absolute Gasteiger partial charge is 0.398 e. The monoisotopic (exact) mass is 309 g/mol. The normalized spacial score (nSPS) is 10.2. The number of benzene rings is 2. The molecule has 0 radical (unpaired) electrons. The number of rotatable bonds is 3. The highest BCUT2D eigenvalue weighted by Gasteiger charge is 2.14. The number of carbonyl (C=O) groups excluding carboxylic acids is 1. The van der Waals surface area contributed by atoms with Crippen LogP contribution >= 0.6 is 11.6 Å². The molecule has 3 N–H and O–H groups in total. The fourth-order valence-electron chi connectivity index (χ4n) is 1.65. The molecule has 0 saturated heterocycles. The standard InChI is InChI=1S/C13H9ClFN3O3/c14-10-6-8(18(20)21)2-4-12(10)17-13(19)9-3-1-7(15)5-11(9)16/h1-6H,16H2,(H,17,19). The minimum absolute atomic E-state index is 0.0123. The Hall–Kier alpha value is -2.67. The van der Waals surface area contributed by atoms with Crippen molar-refractivity contribution in [2.75, 3.05) is 11.1 Å². The molecule has 0 aromatic heterocycles. The average Bonchev–Trinajstić information content (AvgIpc) is 2.40.